The first-order valence-electron chi connectivity index (χ1n) is 9.36. The molecule has 0 aromatic carbocycles. The Balaban J connectivity index is 2.84. The van der Waals surface area contributed by atoms with Gasteiger partial charge in [-0.25, -0.2) is 0 Å². The molecule has 1 fully saturated rings. The van der Waals surface area contributed by atoms with Crippen LogP contribution in [0.15, 0.2) is 0 Å². The third kappa shape index (κ3) is 8.03. The van der Waals surface area contributed by atoms with Crippen molar-refractivity contribution in [3.8, 4) is 0 Å². The molecule has 1 saturated heterocycles. The Bertz CT molecular complexity index is 634. The summed E-state index contributed by atoms with van der Waals surface area (Å²) < 4.78 is 0. The highest BCUT2D eigenvalue weighted by atomic mass is 16.4. The summed E-state index contributed by atoms with van der Waals surface area (Å²) in [6.07, 6.45) is -0.281. The van der Waals surface area contributed by atoms with E-state index in [9.17, 15) is 29.1 Å². The molecule has 4 amide bonds. The maximum absolute atomic E-state index is 12.6. The van der Waals surface area contributed by atoms with Gasteiger partial charge in [0.25, 0.3) is 0 Å². The number of amides is 4. The fraction of sp³-hybridized carbons (Fsp3) is 0.706. The van der Waals surface area contributed by atoms with Crippen LogP contribution < -0.4 is 27.0 Å². The molecule has 1 aliphatic heterocycles. The molecule has 5 atom stereocenters. The van der Waals surface area contributed by atoms with Crippen LogP contribution in [0.5, 0.6) is 0 Å². The molecule has 0 aromatic heterocycles. The second-order valence-electron chi connectivity index (χ2n) is 7.01. The highest BCUT2D eigenvalue weighted by molar-refractivity contribution is 5.94. The van der Waals surface area contributed by atoms with Gasteiger partial charge in [-0.2, -0.15) is 0 Å². The lowest BCUT2D eigenvalue weighted by Gasteiger charge is -2.26. The van der Waals surface area contributed by atoms with E-state index in [0.29, 0.717) is 13.0 Å². The third-order valence-corrected chi connectivity index (χ3v) is 4.48. The number of nitrogens with one attached hydrogen (secondary N) is 4. The zero-order valence-corrected chi connectivity index (χ0v) is 16.4. The van der Waals surface area contributed by atoms with Crippen LogP contribution in [-0.2, 0) is 24.0 Å². The van der Waals surface area contributed by atoms with Crippen LogP contribution >= 0.6 is 0 Å². The van der Waals surface area contributed by atoms with Gasteiger partial charge >= 0.3 is 5.97 Å². The van der Waals surface area contributed by atoms with Crippen molar-refractivity contribution in [2.75, 3.05) is 6.54 Å². The maximum atomic E-state index is 12.6. The van der Waals surface area contributed by atoms with Crippen LogP contribution in [0.4, 0.5) is 0 Å². The summed E-state index contributed by atoms with van der Waals surface area (Å²) in [5.74, 6) is -4.13. The fourth-order valence-electron chi connectivity index (χ4n) is 2.76. The lowest BCUT2D eigenvalue weighted by atomic mass is 10.1. The molecule has 0 saturated carbocycles. The van der Waals surface area contributed by atoms with Crippen molar-refractivity contribution < 1.29 is 34.2 Å². The Kier molecular flexibility index (Phi) is 9.48. The minimum atomic E-state index is -1.34. The highest BCUT2D eigenvalue weighted by Gasteiger charge is 2.33. The number of aliphatic hydroxyl groups excluding tert-OH is 1. The minimum absolute atomic E-state index is 0.177. The normalized spacial score (nSPS) is 20.0. The first-order valence-corrected chi connectivity index (χ1v) is 9.36. The number of rotatable bonds is 11. The molecule has 1 aliphatic rings. The van der Waals surface area contributed by atoms with Gasteiger partial charge in [-0.15, -0.1) is 0 Å². The van der Waals surface area contributed by atoms with Crippen LogP contribution in [0.3, 0.4) is 0 Å². The number of carbonyl (C=O) groups excluding carboxylic acids is 4. The number of primary amides is 1. The van der Waals surface area contributed by atoms with Crippen LogP contribution in [0.25, 0.3) is 0 Å². The first-order chi connectivity index (χ1) is 13.5. The van der Waals surface area contributed by atoms with E-state index in [0.717, 1.165) is 6.42 Å². The summed E-state index contributed by atoms with van der Waals surface area (Å²) in [4.78, 5) is 59.2. The highest BCUT2D eigenvalue weighted by Crippen LogP contribution is 2.07. The molecule has 12 nitrogen and oxygen atoms in total. The fourth-order valence-corrected chi connectivity index (χ4v) is 2.76. The summed E-state index contributed by atoms with van der Waals surface area (Å²) in [6.45, 7) is 3.21. The molecule has 5 unspecified atom stereocenters. The number of nitrogens with two attached hydrogens (primary N) is 1. The zero-order valence-electron chi connectivity index (χ0n) is 16.4. The third-order valence-electron chi connectivity index (χ3n) is 4.48. The van der Waals surface area contributed by atoms with Gasteiger partial charge < -0.3 is 37.2 Å². The Morgan fingerprint density at radius 1 is 1.10 bits per heavy atom. The standard InChI is InChI=1S/C17H29N5O7/c1-8(17(28)29)20-15(26)11(5-6-12(18)24)21-16(27)13(9(2)23)22-14(25)10-4-3-7-19-10/h8-11,13,19,23H,3-7H2,1-2H3,(H2,18,24)(H,20,26)(H,21,27)(H,22,25)(H,28,29). The summed E-state index contributed by atoms with van der Waals surface area (Å²) in [7, 11) is 0. The molecular weight excluding hydrogens is 386 g/mol. The molecule has 1 rings (SSSR count). The number of carboxylic acids is 1. The van der Waals surface area contributed by atoms with Gasteiger partial charge in [-0.1, -0.05) is 0 Å². The van der Waals surface area contributed by atoms with Gasteiger partial charge in [-0.05, 0) is 39.7 Å². The average Bonchev–Trinajstić information content (AvgIpc) is 3.16. The van der Waals surface area contributed by atoms with Crippen molar-refractivity contribution in [1.29, 1.82) is 0 Å². The van der Waals surface area contributed by atoms with E-state index in [4.69, 9.17) is 10.8 Å². The number of aliphatic hydroxyl groups is 1. The molecule has 0 aromatic rings. The van der Waals surface area contributed by atoms with Gasteiger partial charge in [-0.3, -0.25) is 24.0 Å². The molecule has 8 N–H and O–H groups in total. The molecule has 164 valence electrons. The van der Waals surface area contributed by atoms with Gasteiger partial charge in [0.2, 0.25) is 23.6 Å². The van der Waals surface area contributed by atoms with Crippen LogP contribution in [-0.4, -0.2) is 76.6 Å². The Hall–Kier alpha value is -2.73. The number of carbonyl (C=O) groups is 5. The van der Waals surface area contributed by atoms with Crippen LogP contribution in [0.1, 0.15) is 39.5 Å². The smallest absolute Gasteiger partial charge is 0.325 e. The van der Waals surface area contributed by atoms with Gasteiger partial charge in [0.1, 0.15) is 18.1 Å². The second-order valence-corrected chi connectivity index (χ2v) is 7.01. The van der Waals surface area contributed by atoms with Crippen molar-refractivity contribution in [3.63, 3.8) is 0 Å². The van der Waals surface area contributed by atoms with Gasteiger partial charge in [0.05, 0.1) is 12.1 Å². The molecular formula is C17H29N5O7. The number of hydrogen-bond donors (Lipinski definition) is 7. The molecule has 12 heteroatoms. The number of carboxylic acid groups (broad SMARTS) is 1. The van der Waals surface area contributed by atoms with E-state index in [1.54, 1.807) is 0 Å². The van der Waals surface area contributed by atoms with E-state index < -0.39 is 59.9 Å². The lowest BCUT2D eigenvalue weighted by Crippen LogP contribution is -2.59. The largest absolute Gasteiger partial charge is 0.480 e. The Morgan fingerprint density at radius 2 is 1.76 bits per heavy atom. The van der Waals surface area contributed by atoms with Crippen molar-refractivity contribution in [1.82, 2.24) is 21.3 Å². The van der Waals surface area contributed by atoms with Crippen molar-refractivity contribution in [2.24, 2.45) is 5.73 Å². The first kappa shape index (κ1) is 24.3. The van der Waals surface area contributed by atoms with Crippen molar-refractivity contribution >= 4 is 29.6 Å². The summed E-state index contributed by atoms with van der Waals surface area (Å²) in [5.41, 5.74) is 5.08. The molecule has 0 bridgehead atoms. The number of hydrogen-bond acceptors (Lipinski definition) is 7. The molecule has 29 heavy (non-hydrogen) atoms. The number of aliphatic carboxylic acids is 1. The second kappa shape index (κ2) is 11.3. The SMILES string of the molecule is CC(NC(=O)C(CCC(N)=O)NC(=O)C(NC(=O)C1CCCN1)C(C)O)C(=O)O. The van der Waals surface area contributed by atoms with E-state index in [1.807, 2.05) is 0 Å². The predicted octanol–water partition coefficient (Wildman–Crippen LogP) is -3.06. The molecule has 1 heterocycles. The van der Waals surface area contributed by atoms with Crippen molar-refractivity contribution in [3.05, 3.63) is 0 Å². The van der Waals surface area contributed by atoms with Crippen LogP contribution in [0.2, 0.25) is 0 Å². The van der Waals surface area contributed by atoms with E-state index in [2.05, 4.69) is 21.3 Å². The molecule has 0 radical (unpaired) electrons. The van der Waals surface area contributed by atoms with Crippen molar-refractivity contribution in [2.45, 2.75) is 69.8 Å². The monoisotopic (exact) mass is 415 g/mol. The zero-order chi connectivity index (χ0) is 22.1. The van der Waals surface area contributed by atoms with Gasteiger partial charge in [0, 0.05) is 6.42 Å². The molecule has 0 spiro atoms. The quantitative estimate of drug-likeness (QED) is 0.184. The van der Waals surface area contributed by atoms with E-state index in [-0.39, 0.29) is 12.8 Å². The topological polar surface area (TPSA) is 200 Å². The van der Waals surface area contributed by atoms with E-state index in [1.165, 1.54) is 13.8 Å². The summed E-state index contributed by atoms with van der Waals surface area (Å²) >= 11 is 0. The maximum Gasteiger partial charge on any atom is 0.325 e. The average molecular weight is 415 g/mol. The van der Waals surface area contributed by atoms with Gasteiger partial charge in [0.15, 0.2) is 0 Å². The minimum Gasteiger partial charge on any atom is -0.480 e. The molecule has 0 aliphatic carbocycles. The predicted molar refractivity (Wildman–Crippen MR) is 100 cm³/mol. The Labute approximate surface area is 168 Å². The Morgan fingerprint density at radius 3 is 2.24 bits per heavy atom. The summed E-state index contributed by atoms with van der Waals surface area (Å²) in [5, 5.41) is 28.8. The lowest BCUT2D eigenvalue weighted by molar-refractivity contribution is -0.142. The summed E-state index contributed by atoms with van der Waals surface area (Å²) in [6, 6.07) is -4.32. The van der Waals surface area contributed by atoms with E-state index >= 15 is 0 Å². The van der Waals surface area contributed by atoms with Crippen LogP contribution in [0, 0.1) is 0 Å².